The van der Waals surface area contributed by atoms with E-state index in [1.165, 1.54) is 30.4 Å². The average Bonchev–Trinajstić information content (AvgIpc) is 2.00. The van der Waals surface area contributed by atoms with Gasteiger partial charge in [-0.05, 0) is 42.9 Å². The summed E-state index contributed by atoms with van der Waals surface area (Å²) in [7, 11) is 0. The van der Waals surface area contributed by atoms with Crippen molar-refractivity contribution in [1.29, 1.82) is 0 Å². The Kier molecular flexibility index (Phi) is 2.93. The molecule has 2 heteroatoms. The van der Waals surface area contributed by atoms with Gasteiger partial charge in [0.1, 0.15) is 0 Å². The second-order valence-electron chi connectivity index (χ2n) is 4.24. The summed E-state index contributed by atoms with van der Waals surface area (Å²) in [4.78, 5) is 0. The molecule has 1 aromatic rings. The molecule has 1 fully saturated rings. The number of halogens is 1. The van der Waals surface area contributed by atoms with Gasteiger partial charge in [0.2, 0.25) is 0 Å². The first-order valence-corrected chi connectivity index (χ1v) is 5.99. The first kappa shape index (κ1) is 10.2. The molecule has 14 heavy (non-hydrogen) atoms. The molecule has 0 bridgehead atoms. The summed E-state index contributed by atoms with van der Waals surface area (Å²) >= 11 is 3.59. The summed E-state index contributed by atoms with van der Waals surface area (Å²) in [6.07, 6.45) is 3.94. The molecule has 1 aromatic carbocycles. The van der Waals surface area contributed by atoms with Crippen LogP contribution in [0.1, 0.15) is 36.4 Å². The lowest BCUT2D eigenvalue weighted by molar-refractivity contribution is 0.264. The van der Waals surface area contributed by atoms with Gasteiger partial charge in [0.25, 0.3) is 0 Å². The Morgan fingerprint density at radius 3 is 2.64 bits per heavy atom. The van der Waals surface area contributed by atoms with Crippen LogP contribution < -0.4 is 5.73 Å². The standard InChI is InChI=1S/C12H16BrN/c1-8-5-6-10(11(13)7-8)12(14)9-3-2-4-9/h5-7,9,12H,2-4,14H2,1H3/t12-/m1/s1. The van der Waals surface area contributed by atoms with Gasteiger partial charge in [-0.15, -0.1) is 0 Å². The highest BCUT2D eigenvalue weighted by Gasteiger charge is 2.26. The van der Waals surface area contributed by atoms with Crippen molar-refractivity contribution in [3.63, 3.8) is 0 Å². The fraction of sp³-hybridized carbons (Fsp3) is 0.500. The topological polar surface area (TPSA) is 26.0 Å². The third-order valence-corrected chi connectivity index (χ3v) is 3.86. The Bertz CT molecular complexity index is 331. The largest absolute Gasteiger partial charge is 0.324 e. The predicted octanol–water partition coefficient (Wildman–Crippen LogP) is 3.56. The van der Waals surface area contributed by atoms with Crippen LogP contribution in [0, 0.1) is 12.8 Å². The van der Waals surface area contributed by atoms with Crippen LogP contribution in [0.2, 0.25) is 0 Å². The lowest BCUT2D eigenvalue weighted by Crippen LogP contribution is -2.27. The fourth-order valence-electron chi connectivity index (χ4n) is 1.96. The van der Waals surface area contributed by atoms with Gasteiger partial charge in [0.15, 0.2) is 0 Å². The van der Waals surface area contributed by atoms with Gasteiger partial charge in [-0.3, -0.25) is 0 Å². The Hall–Kier alpha value is -0.340. The van der Waals surface area contributed by atoms with Gasteiger partial charge < -0.3 is 5.73 Å². The van der Waals surface area contributed by atoms with Crippen molar-refractivity contribution in [2.45, 2.75) is 32.2 Å². The second-order valence-corrected chi connectivity index (χ2v) is 5.10. The van der Waals surface area contributed by atoms with Crippen LogP contribution in [0.4, 0.5) is 0 Å². The van der Waals surface area contributed by atoms with Crippen LogP contribution >= 0.6 is 15.9 Å². The Balaban J connectivity index is 2.22. The van der Waals surface area contributed by atoms with Crippen LogP contribution in [-0.4, -0.2) is 0 Å². The monoisotopic (exact) mass is 253 g/mol. The molecule has 0 amide bonds. The minimum absolute atomic E-state index is 0.221. The molecule has 0 radical (unpaired) electrons. The molecular formula is C12H16BrN. The summed E-state index contributed by atoms with van der Waals surface area (Å²) in [6, 6.07) is 6.66. The smallest absolute Gasteiger partial charge is 0.0334 e. The average molecular weight is 254 g/mol. The van der Waals surface area contributed by atoms with Gasteiger partial charge in [0, 0.05) is 10.5 Å². The van der Waals surface area contributed by atoms with Gasteiger partial charge >= 0.3 is 0 Å². The summed E-state index contributed by atoms with van der Waals surface area (Å²) in [5.74, 6) is 0.703. The molecule has 1 aliphatic rings. The van der Waals surface area contributed by atoms with E-state index in [9.17, 15) is 0 Å². The van der Waals surface area contributed by atoms with Crippen LogP contribution in [0.25, 0.3) is 0 Å². The maximum atomic E-state index is 6.22. The number of hydrogen-bond acceptors (Lipinski definition) is 1. The number of rotatable bonds is 2. The van der Waals surface area contributed by atoms with E-state index in [-0.39, 0.29) is 6.04 Å². The van der Waals surface area contributed by atoms with E-state index in [0.717, 1.165) is 4.47 Å². The van der Waals surface area contributed by atoms with E-state index in [0.29, 0.717) is 5.92 Å². The van der Waals surface area contributed by atoms with Crippen LogP contribution in [0.15, 0.2) is 22.7 Å². The SMILES string of the molecule is Cc1ccc([C@H](N)C2CCC2)c(Br)c1. The third kappa shape index (κ3) is 1.86. The summed E-state index contributed by atoms with van der Waals surface area (Å²) in [5, 5.41) is 0. The molecule has 2 rings (SSSR count). The first-order valence-electron chi connectivity index (χ1n) is 5.20. The lowest BCUT2D eigenvalue weighted by Gasteiger charge is -2.32. The second kappa shape index (κ2) is 4.03. The van der Waals surface area contributed by atoms with Crippen molar-refractivity contribution in [2.24, 2.45) is 11.7 Å². The van der Waals surface area contributed by atoms with E-state index in [2.05, 4.69) is 41.1 Å². The predicted molar refractivity (Wildman–Crippen MR) is 63.1 cm³/mol. The molecule has 0 heterocycles. The number of aryl methyl sites for hydroxylation is 1. The highest BCUT2D eigenvalue weighted by Crippen LogP contribution is 2.38. The highest BCUT2D eigenvalue weighted by atomic mass is 79.9. The van der Waals surface area contributed by atoms with Crippen LogP contribution in [0.3, 0.4) is 0 Å². The minimum atomic E-state index is 0.221. The Morgan fingerprint density at radius 2 is 2.14 bits per heavy atom. The van der Waals surface area contributed by atoms with Gasteiger partial charge in [-0.1, -0.05) is 34.5 Å². The molecular weight excluding hydrogens is 238 g/mol. The van der Waals surface area contributed by atoms with Crippen LogP contribution in [0.5, 0.6) is 0 Å². The molecule has 1 nitrogen and oxygen atoms in total. The number of benzene rings is 1. The molecule has 0 aromatic heterocycles. The summed E-state index contributed by atoms with van der Waals surface area (Å²) in [5.41, 5.74) is 8.76. The third-order valence-electron chi connectivity index (χ3n) is 3.17. The van der Waals surface area contributed by atoms with Crippen LogP contribution in [-0.2, 0) is 0 Å². The van der Waals surface area contributed by atoms with E-state index in [4.69, 9.17) is 5.73 Å². The zero-order chi connectivity index (χ0) is 10.1. The Labute approximate surface area is 93.8 Å². The maximum Gasteiger partial charge on any atom is 0.0334 e. The van der Waals surface area contributed by atoms with E-state index < -0.39 is 0 Å². The number of nitrogens with two attached hydrogens (primary N) is 1. The van der Waals surface area contributed by atoms with E-state index >= 15 is 0 Å². The normalized spacial score (nSPS) is 19.1. The quantitative estimate of drug-likeness (QED) is 0.858. The van der Waals surface area contributed by atoms with Crippen molar-refractivity contribution < 1.29 is 0 Å². The van der Waals surface area contributed by atoms with E-state index in [1.807, 2.05) is 0 Å². The molecule has 1 atom stereocenters. The fourth-order valence-corrected chi connectivity index (χ4v) is 2.71. The zero-order valence-corrected chi connectivity index (χ0v) is 10.0. The van der Waals surface area contributed by atoms with Crippen molar-refractivity contribution in [3.8, 4) is 0 Å². The van der Waals surface area contributed by atoms with Crippen molar-refractivity contribution in [3.05, 3.63) is 33.8 Å². The molecule has 2 N–H and O–H groups in total. The summed E-state index contributed by atoms with van der Waals surface area (Å²) < 4.78 is 1.16. The maximum absolute atomic E-state index is 6.22. The first-order chi connectivity index (χ1) is 6.68. The van der Waals surface area contributed by atoms with Crippen molar-refractivity contribution in [2.75, 3.05) is 0 Å². The summed E-state index contributed by atoms with van der Waals surface area (Å²) in [6.45, 7) is 2.10. The lowest BCUT2D eigenvalue weighted by atomic mass is 9.77. The number of hydrogen-bond donors (Lipinski definition) is 1. The van der Waals surface area contributed by atoms with Gasteiger partial charge in [-0.2, -0.15) is 0 Å². The van der Waals surface area contributed by atoms with Gasteiger partial charge in [-0.25, -0.2) is 0 Å². The molecule has 0 spiro atoms. The van der Waals surface area contributed by atoms with Gasteiger partial charge in [0.05, 0.1) is 0 Å². The molecule has 76 valence electrons. The highest BCUT2D eigenvalue weighted by molar-refractivity contribution is 9.10. The zero-order valence-electron chi connectivity index (χ0n) is 8.46. The van der Waals surface area contributed by atoms with E-state index in [1.54, 1.807) is 0 Å². The molecule has 1 saturated carbocycles. The minimum Gasteiger partial charge on any atom is -0.324 e. The molecule has 0 unspecified atom stereocenters. The molecule has 0 saturated heterocycles. The Morgan fingerprint density at radius 1 is 1.43 bits per heavy atom. The van der Waals surface area contributed by atoms with Crippen molar-refractivity contribution >= 4 is 15.9 Å². The molecule has 1 aliphatic carbocycles. The molecule has 0 aliphatic heterocycles. The van der Waals surface area contributed by atoms with Crippen molar-refractivity contribution in [1.82, 2.24) is 0 Å².